The van der Waals surface area contributed by atoms with E-state index in [0.717, 1.165) is 11.3 Å². The third kappa shape index (κ3) is 2.81. The molecule has 0 aliphatic carbocycles. The zero-order valence-electron chi connectivity index (χ0n) is 10.3. The Hall–Kier alpha value is -2.01. The van der Waals surface area contributed by atoms with E-state index in [4.69, 9.17) is 4.42 Å². The normalized spacial score (nSPS) is 12.6. The van der Waals surface area contributed by atoms with Crippen molar-refractivity contribution in [3.63, 3.8) is 0 Å². The Balaban J connectivity index is 1.97. The van der Waals surface area contributed by atoms with E-state index in [9.17, 15) is 10.2 Å². The maximum atomic E-state index is 9.38. The molecule has 18 heavy (non-hydrogen) atoms. The average Bonchev–Trinajstić information content (AvgIpc) is 2.77. The number of hydrogen-bond acceptors (Lipinski definition) is 5. The van der Waals surface area contributed by atoms with E-state index in [1.165, 1.54) is 12.1 Å². The fourth-order valence-electron chi connectivity index (χ4n) is 1.61. The number of nitrogens with one attached hydrogen (secondary N) is 1. The van der Waals surface area contributed by atoms with Crippen molar-refractivity contribution in [3.05, 3.63) is 41.6 Å². The molecule has 0 fully saturated rings. The molecule has 2 aromatic rings. The number of rotatable bonds is 4. The van der Waals surface area contributed by atoms with Crippen LogP contribution in [0.5, 0.6) is 11.5 Å². The van der Waals surface area contributed by atoms with Crippen LogP contribution in [-0.4, -0.2) is 15.2 Å². The van der Waals surface area contributed by atoms with Crippen LogP contribution >= 0.6 is 0 Å². The first-order chi connectivity index (χ1) is 8.56. The Bertz CT molecular complexity index is 537. The highest BCUT2D eigenvalue weighted by molar-refractivity contribution is 5.40. The molecule has 0 radical (unpaired) electrons. The van der Waals surface area contributed by atoms with E-state index in [0.29, 0.717) is 12.4 Å². The number of nitrogens with zero attached hydrogens (tertiary/aromatic N) is 1. The molecule has 0 aliphatic heterocycles. The van der Waals surface area contributed by atoms with E-state index < -0.39 is 0 Å². The highest BCUT2D eigenvalue weighted by Gasteiger charge is 2.10. The van der Waals surface area contributed by atoms with Crippen molar-refractivity contribution in [3.8, 4) is 11.5 Å². The molecule has 0 bridgehead atoms. The first-order valence-electron chi connectivity index (χ1n) is 5.73. The maximum Gasteiger partial charge on any atom is 0.211 e. The van der Waals surface area contributed by atoms with Gasteiger partial charge in [-0.3, -0.25) is 0 Å². The van der Waals surface area contributed by atoms with E-state index in [2.05, 4.69) is 10.3 Å². The van der Waals surface area contributed by atoms with Gasteiger partial charge in [0.2, 0.25) is 5.89 Å². The average molecular weight is 248 g/mol. The number of hydrogen-bond donors (Lipinski definition) is 3. The van der Waals surface area contributed by atoms with Crippen LogP contribution in [0.2, 0.25) is 0 Å². The molecule has 3 N–H and O–H groups in total. The van der Waals surface area contributed by atoms with Gasteiger partial charge in [-0.1, -0.05) is 6.07 Å². The SMILES string of the molecule is Cc1cnc(C(C)NCc2ccc(O)c(O)c2)o1. The Labute approximate surface area is 105 Å². The predicted molar refractivity (Wildman–Crippen MR) is 66.3 cm³/mol. The Morgan fingerprint density at radius 2 is 2.11 bits per heavy atom. The van der Waals surface area contributed by atoms with Crippen LogP contribution in [0.4, 0.5) is 0 Å². The van der Waals surface area contributed by atoms with Crippen LogP contribution in [0, 0.1) is 6.92 Å². The summed E-state index contributed by atoms with van der Waals surface area (Å²) in [6.07, 6.45) is 1.68. The van der Waals surface area contributed by atoms with Crippen molar-refractivity contribution in [1.29, 1.82) is 0 Å². The van der Waals surface area contributed by atoms with E-state index in [-0.39, 0.29) is 17.5 Å². The van der Waals surface area contributed by atoms with Gasteiger partial charge in [0.05, 0.1) is 12.2 Å². The molecule has 1 atom stereocenters. The maximum absolute atomic E-state index is 9.38. The summed E-state index contributed by atoms with van der Waals surface area (Å²) in [5.74, 6) is 1.18. The van der Waals surface area contributed by atoms with Crippen LogP contribution in [0.25, 0.3) is 0 Å². The molecule has 1 heterocycles. The number of aryl methyl sites for hydroxylation is 1. The molecule has 5 heteroatoms. The van der Waals surface area contributed by atoms with E-state index in [1.54, 1.807) is 12.3 Å². The monoisotopic (exact) mass is 248 g/mol. The second-order valence-corrected chi connectivity index (χ2v) is 4.23. The molecule has 0 spiro atoms. The molecular formula is C13H16N2O3. The fraction of sp³-hybridized carbons (Fsp3) is 0.308. The number of aromatic hydroxyl groups is 2. The zero-order valence-corrected chi connectivity index (χ0v) is 10.3. The van der Waals surface area contributed by atoms with Gasteiger partial charge >= 0.3 is 0 Å². The number of phenolic OH excluding ortho intramolecular Hbond substituents is 2. The number of phenols is 2. The second kappa shape index (κ2) is 5.10. The number of aromatic nitrogens is 1. The summed E-state index contributed by atoms with van der Waals surface area (Å²) in [6.45, 7) is 4.35. The summed E-state index contributed by atoms with van der Waals surface area (Å²) < 4.78 is 5.41. The van der Waals surface area contributed by atoms with Crippen LogP contribution < -0.4 is 5.32 Å². The van der Waals surface area contributed by atoms with Crippen LogP contribution in [0.3, 0.4) is 0 Å². The van der Waals surface area contributed by atoms with Gasteiger partial charge in [0.25, 0.3) is 0 Å². The first kappa shape index (κ1) is 12.4. The molecule has 1 unspecified atom stereocenters. The molecule has 0 saturated heterocycles. The lowest BCUT2D eigenvalue weighted by molar-refractivity contribution is 0.397. The summed E-state index contributed by atoms with van der Waals surface area (Å²) in [5.41, 5.74) is 0.875. The van der Waals surface area contributed by atoms with Crippen molar-refractivity contribution in [1.82, 2.24) is 10.3 Å². The van der Waals surface area contributed by atoms with Gasteiger partial charge in [0.15, 0.2) is 11.5 Å². The molecule has 0 amide bonds. The topological polar surface area (TPSA) is 78.5 Å². The molecule has 0 aliphatic rings. The Morgan fingerprint density at radius 1 is 1.33 bits per heavy atom. The Kier molecular flexibility index (Phi) is 3.53. The fourth-order valence-corrected chi connectivity index (χ4v) is 1.61. The van der Waals surface area contributed by atoms with Crippen molar-refractivity contribution >= 4 is 0 Å². The number of benzene rings is 1. The minimum Gasteiger partial charge on any atom is -0.504 e. The van der Waals surface area contributed by atoms with Crippen molar-refractivity contribution < 1.29 is 14.6 Å². The quantitative estimate of drug-likeness (QED) is 0.723. The van der Waals surface area contributed by atoms with E-state index in [1.807, 2.05) is 13.8 Å². The van der Waals surface area contributed by atoms with Gasteiger partial charge in [0, 0.05) is 6.54 Å². The standard InChI is InChI=1S/C13H16N2O3/c1-8-6-15-13(18-8)9(2)14-7-10-3-4-11(16)12(17)5-10/h3-6,9,14,16-17H,7H2,1-2H3. The summed E-state index contributed by atoms with van der Waals surface area (Å²) in [6, 6.07) is 4.72. The summed E-state index contributed by atoms with van der Waals surface area (Å²) in [7, 11) is 0. The molecule has 1 aromatic heterocycles. The van der Waals surface area contributed by atoms with Crippen LogP contribution in [0.15, 0.2) is 28.8 Å². The highest BCUT2D eigenvalue weighted by atomic mass is 16.4. The van der Waals surface area contributed by atoms with E-state index >= 15 is 0 Å². The smallest absolute Gasteiger partial charge is 0.211 e. The first-order valence-corrected chi connectivity index (χ1v) is 5.73. The highest BCUT2D eigenvalue weighted by Crippen LogP contribution is 2.25. The van der Waals surface area contributed by atoms with Crippen molar-refractivity contribution in [2.24, 2.45) is 0 Å². The molecule has 5 nitrogen and oxygen atoms in total. The molecule has 1 aromatic carbocycles. The molecule has 0 saturated carbocycles. The molecule has 2 rings (SSSR count). The minimum atomic E-state index is -0.117. The molecule has 96 valence electrons. The predicted octanol–water partition coefficient (Wildman–Crippen LogP) is 2.25. The summed E-state index contributed by atoms with van der Waals surface area (Å²) >= 11 is 0. The van der Waals surface area contributed by atoms with Gasteiger partial charge in [-0.25, -0.2) is 4.98 Å². The second-order valence-electron chi connectivity index (χ2n) is 4.23. The number of oxazole rings is 1. The van der Waals surface area contributed by atoms with Crippen LogP contribution in [0.1, 0.15) is 30.2 Å². The van der Waals surface area contributed by atoms with Gasteiger partial charge in [-0.2, -0.15) is 0 Å². The summed E-state index contributed by atoms with van der Waals surface area (Å²) in [5, 5.41) is 21.8. The van der Waals surface area contributed by atoms with Crippen molar-refractivity contribution in [2.75, 3.05) is 0 Å². The van der Waals surface area contributed by atoms with Crippen molar-refractivity contribution in [2.45, 2.75) is 26.4 Å². The lowest BCUT2D eigenvalue weighted by atomic mass is 10.2. The van der Waals surface area contributed by atoms with Crippen LogP contribution in [-0.2, 0) is 6.54 Å². The third-order valence-corrected chi connectivity index (χ3v) is 2.66. The largest absolute Gasteiger partial charge is 0.504 e. The van der Waals surface area contributed by atoms with Gasteiger partial charge in [0.1, 0.15) is 5.76 Å². The van der Waals surface area contributed by atoms with Gasteiger partial charge in [-0.15, -0.1) is 0 Å². The molecular weight excluding hydrogens is 232 g/mol. The zero-order chi connectivity index (χ0) is 13.1. The lowest BCUT2D eigenvalue weighted by Gasteiger charge is -2.10. The third-order valence-electron chi connectivity index (χ3n) is 2.66. The summed E-state index contributed by atoms with van der Waals surface area (Å²) in [4.78, 5) is 4.14. The lowest BCUT2D eigenvalue weighted by Crippen LogP contribution is -2.18. The minimum absolute atomic E-state index is 0.0188. The Morgan fingerprint density at radius 3 is 2.72 bits per heavy atom. The van der Waals surface area contributed by atoms with Gasteiger partial charge in [-0.05, 0) is 31.5 Å². The van der Waals surface area contributed by atoms with Gasteiger partial charge < -0.3 is 19.9 Å².